The molecule has 0 spiro atoms. The van der Waals surface area contributed by atoms with Gasteiger partial charge in [-0.1, -0.05) is 68.8 Å². The second kappa shape index (κ2) is 9.77. The van der Waals surface area contributed by atoms with Crippen LogP contribution in [-0.2, 0) is 0 Å². The van der Waals surface area contributed by atoms with E-state index in [1.807, 2.05) is 59.5 Å². The van der Waals surface area contributed by atoms with Crippen LogP contribution in [0, 0.1) is 10.8 Å². The molecule has 3 aromatic carbocycles. The Bertz CT molecular complexity index is 1750. The van der Waals surface area contributed by atoms with Gasteiger partial charge in [0.05, 0.1) is 29.3 Å². The SMILES string of the molecule is COc1ccc2[nH]c(-c3ccccc3C(=O)N3CC=C4C(C)(C)C(c5ccc(C(=O)O)cc5)=CC[C@]4(C)C3)nc2c1. The molecule has 0 unspecified atom stereocenters. The molecule has 0 bridgehead atoms. The Morgan fingerprint density at radius 2 is 1.76 bits per heavy atom. The van der Waals surface area contributed by atoms with Crippen LogP contribution in [0.3, 0.4) is 0 Å². The molecule has 4 aromatic rings. The summed E-state index contributed by atoms with van der Waals surface area (Å²) in [6, 6.07) is 20.4. The highest BCUT2D eigenvalue weighted by atomic mass is 16.5. The Balaban J connectivity index is 1.29. The molecule has 208 valence electrons. The number of benzene rings is 3. The molecule has 1 aliphatic heterocycles. The zero-order valence-electron chi connectivity index (χ0n) is 23.7. The number of aromatic amines is 1. The fraction of sp³-hybridized carbons (Fsp3) is 0.265. The number of ether oxygens (including phenoxy) is 1. The molecule has 6 rings (SSSR count). The van der Waals surface area contributed by atoms with E-state index >= 15 is 0 Å². The number of carboxylic acids is 1. The third kappa shape index (κ3) is 4.51. The number of carboxylic acid groups (broad SMARTS) is 1. The van der Waals surface area contributed by atoms with Gasteiger partial charge in [-0.15, -0.1) is 0 Å². The predicted molar refractivity (Wildman–Crippen MR) is 160 cm³/mol. The lowest BCUT2D eigenvalue weighted by atomic mass is 9.58. The van der Waals surface area contributed by atoms with Gasteiger partial charge in [0.1, 0.15) is 11.6 Å². The number of methoxy groups -OCH3 is 1. The maximum atomic E-state index is 14.0. The van der Waals surface area contributed by atoms with Crippen LogP contribution in [0.1, 0.15) is 53.5 Å². The average Bonchev–Trinajstić information content (AvgIpc) is 3.39. The van der Waals surface area contributed by atoms with Crippen LogP contribution in [0.15, 0.2) is 84.5 Å². The minimum Gasteiger partial charge on any atom is -0.497 e. The third-order valence-electron chi connectivity index (χ3n) is 8.64. The van der Waals surface area contributed by atoms with Crippen molar-refractivity contribution < 1.29 is 19.4 Å². The topological polar surface area (TPSA) is 95.5 Å². The van der Waals surface area contributed by atoms with E-state index in [4.69, 9.17) is 9.72 Å². The van der Waals surface area contributed by atoms with Gasteiger partial charge in [0.2, 0.25) is 0 Å². The highest BCUT2D eigenvalue weighted by molar-refractivity contribution is 6.01. The van der Waals surface area contributed by atoms with Gasteiger partial charge in [-0.2, -0.15) is 0 Å². The van der Waals surface area contributed by atoms with Crippen molar-refractivity contribution in [3.05, 3.63) is 101 Å². The van der Waals surface area contributed by atoms with Crippen LogP contribution >= 0.6 is 0 Å². The summed E-state index contributed by atoms with van der Waals surface area (Å²) in [6.07, 6.45) is 5.27. The lowest BCUT2D eigenvalue weighted by molar-refractivity contribution is 0.0679. The molecule has 0 saturated carbocycles. The molecule has 0 saturated heterocycles. The Labute approximate surface area is 239 Å². The van der Waals surface area contributed by atoms with Gasteiger partial charge in [-0.05, 0) is 47.9 Å². The summed E-state index contributed by atoms with van der Waals surface area (Å²) in [4.78, 5) is 35.4. The fourth-order valence-corrected chi connectivity index (χ4v) is 6.64. The Morgan fingerprint density at radius 3 is 2.49 bits per heavy atom. The average molecular weight is 548 g/mol. The Morgan fingerprint density at radius 1 is 1.00 bits per heavy atom. The van der Waals surface area contributed by atoms with E-state index in [1.54, 1.807) is 19.2 Å². The van der Waals surface area contributed by atoms with Crippen molar-refractivity contribution >= 4 is 28.5 Å². The van der Waals surface area contributed by atoms with Crippen molar-refractivity contribution in [1.29, 1.82) is 0 Å². The molecule has 1 aromatic heterocycles. The highest BCUT2D eigenvalue weighted by Crippen LogP contribution is 2.55. The second-order valence-corrected chi connectivity index (χ2v) is 11.7. The lowest BCUT2D eigenvalue weighted by Gasteiger charge is -2.50. The number of nitrogens with zero attached hydrogens (tertiary/aromatic N) is 2. The number of hydrogen-bond acceptors (Lipinski definition) is 4. The molecule has 7 heteroatoms. The molecule has 0 radical (unpaired) electrons. The summed E-state index contributed by atoms with van der Waals surface area (Å²) in [5.74, 6) is 0.431. The van der Waals surface area contributed by atoms with Gasteiger partial charge in [0, 0.05) is 35.5 Å². The standard InChI is InChI=1S/C34H33N3O4/c1-33(2)26(21-9-11-22(12-10-21)32(39)40)15-17-34(3)20-37(18-16-29(33)34)31(38)25-8-6-5-7-24(25)30-35-27-14-13-23(41-4)19-28(27)36-30/h5-16,19H,17-18,20H2,1-4H3,(H,35,36)(H,39,40)/t34-/m1/s1. The molecule has 1 amide bonds. The first-order chi connectivity index (χ1) is 19.6. The number of H-pyrrole nitrogens is 1. The van der Waals surface area contributed by atoms with Gasteiger partial charge < -0.3 is 19.7 Å². The molecular formula is C34H33N3O4. The third-order valence-corrected chi connectivity index (χ3v) is 8.64. The maximum absolute atomic E-state index is 14.0. The van der Waals surface area contributed by atoms with Gasteiger partial charge in [-0.3, -0.25) is 4.79 Å². The first-order valence-electron chi connectivity index (χ1n) is 13.8. The minimum atomic E-state index is -0.928. The van der Waals surface area contributed by atoms with Crippen molar-refractivity contribution in [2.75, 3.05) is 20.2 Å². The van der Waals surface area contributed by atoms with E-state index in [1.165, 1.54) is 11.1 Å². The van der Waals surface area contributed by atoms with Crippen LogP contribution in [0.5, 0.6) is 5.75 Å². The van der Waals surface area contributed by atoms with E-state index in [-0.39, 0.29) is 22.3 Å². The zero-order valence-corrected chi connectivity index (χ0v) is 23.7. The van der Waals surface area contributed by atoms with E-state index in [0.717, 1.165) is 34.3 Å². The number of hydrogen-bond donors (Lipinski definition) is 2. The second-order valence-electron chi connectivity index (χ2n) is 11.7. The lowest BCUT2D eigenvalue weighted by Crippen LogP contribution is -2.48. The summed E-state index contributed by atoms with van der Waals surface area (Å²) in [6.45, 7) is 7.80. The number of aromatic carboxylic acids is 1. The summed E-state index contributed by atoms with van der Waals surface area (Å²) in [5, 5.41) is 9.30. The smallest absolute Gasteiger partial charge is 0.335 e. The number of amides is 1. The first-order valence-corrected chi connectivity index (χ1v) is 13.8. The number of carbonyl (C=O) groups is 2. The van der Waals surface area contributed by atoms with Crippen LogP contribution < -0.4 is 4.74 Å². The van der Waals surface area contributed by atoms with E-state index < -0.39 is 5.97 Å². The van der Waals surface area contributed by atoms with E-state index in [2.05, 4.69) is 37.9 Å². The fourth-order valence-electron chi connectivity index (χ4n) is 6.64. The summed E-state index contributed by atoms with van der Waals surface area (Å²) < 4.78 is 5.35. The number of fused-ring (bicyclic) bond motifs is 2. The monoisotopic (exact) mass is 547 g/mol. The number of imidazole rings is 1. The molecule has 1 aliphatic carbocycles. The molecular weight excluding hydrogens is 514 g/mol. The van der Waals surface area contributed by atoms with Crippen LogP contribution in [-0.4, -0.2) is 52.1 Å². The largest absolute Gasteiger partial charge is 0.497 e. The Hall–Kier alpha value is -4.65. The van der Waals surface area contributed by atoms with Crippen LogP contribution in [0.4, 0.5) is 0 Å². The van der Waals surface area contributed by atoms with Crippen molar-refractivity contribution in [1.82, 2.24) is 14.9 Å². The van der Waals surface area contributed by atoms with E-state index in [0.29, 0.717) is 24.5 Å². The predicted octanol–water partition coefficient (Wildman–Crippen LogP) is 6.84. The molecule has 0 fully saturated rings. The summed E-state index contributed by atoms with van der Waals surface area (Å²) in [5.41, 5.74) is 6.37. The quantitative estimate of drug-likeness (QED) is 0.267. The number of aromatic nitrogens is 2. The number of carbonyl (C=O) groups excluding carboxylic acids is 1. The van der Waals surface area contributed by atoms with Crippen molar-refractivity contribution in [3.63, 3.8) is 0 Å². The van der Waals surface area contributed by atoms with Gasteiger partial charge >= 0.3 is 5.97 Å². The normalized spacial score (nSPS) is 19.8. The van der Waals surface area contributed by atoms with Crippen LogP contribution in [0.25, 0.3) is 28.0 Å². The molecule has 2 aliphatic rings. The van der Waals surface area contributed by atoms with Gasteiger partial charge in [0.25, 0.3) is 5.91 Å². The number of rotatable bonds is 5. The highest BCUT2D eigenvalue weighted by Gasteiger charge is 2.46. The number of nitrogens with one attached hydrogen (secondary N) is 1. The molecule has 2 N–H and O–H groups in total. The maximum Gasteiger partial charge on any atom is 0.335 e. The Kier molecular flexibility index (Phi) is 6.33. The van der Waals surface area contributed by atoms with Gasteiger partial charge in [-0.25, -0.2) is 9.78 Å². The molecule has 2 heterocycles. The molecule has 41 heavy (non-hydrogen) atoms. The summed E-state index contributed by atoms with van der Waals surface area (Å²) >= 11 is 0. The summed E-state index contributed by atoms with van der Waals surface area (Å²) in [7, 11) is 1.63. The zero-order chi connectivity index (χ0) is 28.9. The molecule has 7 nitrogen and oxygen atoms in total. The first kappa shape index (κ1) is 26.6. The number of allylic oxidation sites excluding steroid dienone is 2. The van der Waals surface area contributed by atoms with Crippen molar-refractivity contribution in [2.24, 2.45) is 10.8 Å². The molecule has 1 atom stereocenters. The minimum absolute atomic E-state index is 0.0213. The van der Waals surface area contributed by atoms with Crippen molar-refractivity contribution in [3.8, 4) is 17.1 Å². The van der Waals surface area contributed by atoms with E-state index in [9.17, 15) is 14.7 Å². The van der Waals surface area contributed by atoms with Crippen LogP contribution in [0.2, 0.25) is 0 Å². The van der Waals surface area contributed by atoms with Gasteiger partial charge in [0.15, 0.2) is 0 Å². The van der Waals surface area contributed by atoms with Crippen molar-refractivity contribution in [2.45, 2.75) is 27.2 Å².